The van der Waals surface area contributed by atoms with Gasteiger partial charge < -0.3 is 9.64 Å². The van der Waals surface area contributed by atoms with E-state index >= 15 is 0 Å². The zero-order valence-corrected chi connectivity index (χ0v) is 16.1. The Kier molecular flexibility index (Phi) is 4.81. The van der Waals surface area contributed by atoms with Crippen molar-refractivity contribution in [3.05, 3.63) is 69.3 Å². The van der Waals surface area contributed by atoms with Crippen LogP contribution in [-0.4, -0.2) is 34.7 Å². The van der Waals surface area contributed by atoms with Gasteiger partial charge in [0.05, 0.1) is 18.4 Å². The highest BCUT2D eigenvalue weighted by molar-refractivity contribution is 6.31. The number of ether oxygens (including phenoxy) is 1. The minimum atomic E-state index is -0.113. The maximum absolute atomic E-state index is 13.1. The Balaban J connectivity index is 1.66. The molecule has 4 rings (SSSR count). The molecule has 0 radical (unpaired) electrons. The largest absolute Gasteiger partial charge is 0.496 e. The summed E-state index contributed by atoms with van der Waals surface area (Å²) in [5.41, 5.74) is 4.27. The summed E-state index contributed by atoms with van der Waals surface area (Å²) in [4.78, 5) is 14.9. The van der Waals surface area contributed by atoms with Gasteiger partial charge in [0, 0.05) is 46.4 Å². The van der Waals surface area contributed by atoms with Crippen LogP contribution in [-0.2, 0) is 13.0 Å². The summed E-state index contributed by atoms with van der Waals surface area (Å²) < 4.78 is 5.33. The van der Waals surface area contributed by atoms with E-state index in [4.69, 9.17) is 27.9 Å². The number of amides is 1. The van der Waals surface area contributed by atoms with Crippen LogP contribution in [0.5, 0.6) is 5.75 Å². The Morgan fingerprint density at radius 3 is 2.78 bits per heavy atom. The third-order valence-electron chi connectivity index (χ3n) is 4.71. The molecule has 0 bridgehead atoms. The Morgan fingerprint density at radius 1 is 1.19 bits per heavy atom. The fraction of sp³-hybridized carbons (Fsp3) is 0.200. The van der Waals surface area contributed by atoms with Gasteiger partial charge in [-0.15, -0.1) is 0 Å². The molecule has 3 aromatic rings. The van der Waals surface area contributed by atoms with E-state index in [1.54, 1.807) is 30.2 Å². The minimum Gasteiger partial charge on any atom is -0.496 e. The number of nitrogens with one attached hydrogen (secondary N) is 1. The van der Waals surface area contributed by atoms with Gasteiger partial charge in [0.15, 0.2) is 0 Å². The molecule has 0 saturated carbocycles. The lowest BCUT2D eigenvalue weighted by Crippen LogP contribution is -2.36. The number of aromatic nitrogens is 2. The third kappa shape index (κ3) is 3.40. The molecule has 5 nitrogen and oxygen atoms in total. The van der Waals surface area contributed by atoms with Crippen LogP contribution in [0.2, 0.25) is 10.0 Å². The van der Waals surface area contributed by atoms with Crippen LogP contribution in [0.25, 0.3) is 11.3 Å². The van der Waals surface area contributed by atoms with Crippen LogP contribution >= 0.6 is 23.2 Å². The second-order valence-corrected chi connectivity index (χ2v) is 7.23. The first-order valence-corrected chi connectivity index (χ1v) is 9.27. The molecule has 1 aromatic heterocycles. The van der Waals surface area contributed by atoms with Gasteiger partial charge in [-0.3, -0.25) is 9.89 Å². The number of carbonyl (C=O) groups excluding carboxylic acids is 1. The van der Waals surface area contributed by atoms with E-state index in [2.05, 4.69) is 10.2 Å². The van der Waals surface area contributed by atoms with E-state index < -0.39 is 0 Å². The maximum atomic E-state index is 13.1. The number of rotatable bonds is 3. The van der Waals surface area contributed by atoms with Crippen molar-refractivity contribution in [2.45, 2.75) is 13.0 Å². The lowest BCUT2D eigenvalue weighted by atomic mass is 10.00. The maximum Gasteiger partial charge on any atom is 0.257 e. The van der Waals surface area contributed by atoms with E-state index in [-0.39, 0.29) is 5.91 Å². The number of aromatic amines is 1. The lowest BCUT2D eigenvalue weighted by molar-refractivity contribution is 0.0731. The molecule has 0 atom stereocenters. The van der Waals surface area contributed by atoms with Gasteiger partial charge in [0.1, 0.15) is 5.75 Å². The van der Waals surface area contributed by atoms with E-state index in [9.17, 15) is 4.79 Å². The van der Waals surface area contributed by atoms with Crippen molar-refractivity contribution in [2.24, 2.45) is 0 Å². The summed E-state index contributed by atoms with van der Waals surface area (Å²) in [7, 11) is 1.54. The second kappa shape index (κ2) is 7.25. The molecule has 138 valence electrons. The lowest BCUT2D eigenvalue weighted by Gasteiger charge is -2.28. The van der Waals surface area contributed by atoms with Crippen molar-refractivity contribution in [1.82, 2.24) is 15.1 Å². The van der Waals surface area contributed by atoms with Crippen molar-refractivity contribution in [1.29, 1.82) is 0 Å². The Morgan fingerprint density at radius 2 is 2.00 bits per heavy atom. The van der Waals surface area contributed by atoms with Gasteiger partial charge in [0.2, 0.25) is 0 Å². The number of hydrogen-bond donors (Lipinski definition) is 1. The fourth-order valence-electron chi connectivity index (χ4n) is 3.36. The fourth-order valence-corrected chi connectivity index (χ4v) is 3.72. The number of hydrogen-bond acceptors (Lipinski definition) is 3. The quantitative estimate of drug-likeness (QED) is 0.697. The standard InChI is InChI=1S/C20H17Cl2N3O2/c1-27-18-6-5-14(22)10-15(18)20(26)25-8-7-17-16(11-25)19(24-23-17)12-3-2-4-13(21)9-12/h2-6,9-10H,7-8,11H2,1H3,(H,23,24). The molecule has 2 aromatic carbocycles. The number of halogens is 2. The molecule has 0 saturated heterocycles. The van der Waals surface area contributed by atoms with Crippen molar-refractivity contribution in [2.75, 3.05) is 13.7 Å². The molecule has 1 aliphatic rings. The molecular formula is C20H17Cl2N3O2. The van der Waals surface area contributed by atoms with Gasteiger partial charge in [-0.1, -0.05) is 35.3 Å². The SMILES string of the molecule is COc1ccc(Cl)cc1C(=O)N1CCc2[nH]nc(-c3cccc(Cl)c3)c2C1. The second-order valence-electron chi connectivity index (χ2n) is 6.36. The zero-order valence-electron chi connectivity index (χ0n) is 14.6. The predicted molar refractivity (Wildman–Crippen MR) is 105 cm³/mol. The molecule has 0 fully saturated rings. The van der Waals surface area contributed by atoms with Gasteiger partial charge in [-0.2, -0.15) is 5.10 Å². The van der Waals surface area contributed by atoms with Crippen molar-refractivity contribution < 1.29 is 9.53 Å². The van der Waals surface area contributed by atoms with E-state index in [1.165, 1.54) is 0 Å². The topological polar surface area (TPSA) is 58.2 Å². The predicted octanol–water partition coefficient (Wildman–Crippen LogP) is 4.59. The Bertz CT molecular complexity index is 1020. The molecule has 1 amide bonds. The van der Waals surface area contributed by atoms with Crippen LogP contribution in [0.1, 0.15) is 21.6 Å². The van der Waals surface area contributed by atoms with Gasteiger partial charge in [0.25, 0.3) is 5.91 Å². The van der Waals surface area contributed by atoms with Gasteiger partial charge >= 0.3 is 0 Å². The van der Waals surface area contributed by atoms with E-state index in [0.29, 0.717) is 40.9 Å². The summed E-state index contributed by atoms with van der Waals surface area (Å²) >= 11 is 12.2. The summed E-state index contributed by atoms with van der Waals surface area (Å²) in [6.07, 6.45) is 0.706. The smallest absolute Gasteiger partial charge is 0.257 e. The summed E-state index contributed by atoms with van der Waals surface area (Å²) in [6.45, 7) is 1.06. The molecule has 0 unspecified atom stereocenters. The summed E-state index contributed by atoms with van der Waals surface area (Å²) in [5, 5.41) is 8.70. The summed E-state index contributed by atoms with van der Waals surface area (Å²) in [6, 6.07) is 12.6. The average Bonchev–Trinajstić information content (AvgIpc) is 3.10. The molecule has 7 heteroatoms. The zero-order chi connectivity index (χ0) is 19.0. The first kappa shape index (κ1) is 17.9. The molecule has 1 N–H and O–H groups in total. The van der Waals surface area contributed by atoms with Crippen molar-refractivity contribution in [3.8, 4) is 17.0 Å². The van der Waals surface area contributed by atoms with E-state index in [1.807, 2.05) is 24.3 Å². The third-order valence-corrected chi connectivity index (χ3v) is 5.18. The van der Waals surface area contributed by atoms with Crippen LogP contribution in [0, 0.1) is 0 Å². The molecule has 27 heavy (non-hydrogen) atoms. The number of methoxy groups -OCH3 is 1. The number of carbonyl (C=O) groups is 1. The van der Waals surface area contributed by atoms with Gasteiger partial charge in [-0.25, -0.2) is 0 Å². The van der Waals surface area contributed by atoms with Gasteiger partial charge in [-0.05, 0) is 30.3 Å². The average molecular weight is 402 g/mol. The first-order valence-electron chi connectivity index (χ1n) is 8.51. The highest BCUT2D eigenvalue weighted by Gasteiger charge is 2.28. The normalized spacial score (nSPS) is 13.4. The monoisotopic (exact) mass is 401 g/mol. The van der Waals surface area contributed by atoms with Crippen LogP contribution in [0.3, 0.4) is 0 Å². The van der Waals surface area contributed by atoms with Crippen LogP contribution in [0.15, 0.2) is 42.5 Å². The molecule has 0 spiro atoms. The number of benzene rings is 2. The number of H-pyrrole nitrogens is 1. The van der Waals surface area contributed by atoms with Crippen molar-refractivity contribution in [3.63, 3.8) is 0 Å². The molecule has 2 heterocycles. The molecule has 0 aliphatic carbocycles. The first-order chi connectivity index (χ1) is 13.1. The van der Waals surface area contributed by atoms with Crippen molar-refractivity contribution >= 4 is 29.1 Å². The molecular weight excluding hydrogens is 385 g/mol. The van der Waals surface area contributed by atoms with E-state index in [0.717, 1.165) is 22.5 Å². The Labute approximate surface area is 166 Å². The minimum absolute atomic E-state index is 0.113. The highest BCUT2D eigenvalue weighted by Crippen LogP contribution is 2.31. The summed E-state index contributed by atoms with van der Waals surface area (Å²) in [5.74, 6) is 0.399. The van der Waals surface area contributed by atoms with Crippen LogP contribution in [0.4, 0.5) is 0 Å². The number of nitrogens with zero attached hydrogens (tertiary/aromatic N) is 2. The molecule has 1 aliphatic heterocycles. The highest BCUT2D eigenvalue weighted by atomic mass is 35.5. The number of fused-ring (bicyclic) bond motifs is 1. The van der Waals surface area contributed by atoms with Crippen LogP contribution < -0.4 is 4.74 Å². The Hall–Kier alpha value is -2.50.